The maximum atomic E-state index is 10.6. The third kappa shape index (κ3) is 6.47. The summed E-state index contributed by atoms with van der Waals surface area (Å²) in [4.78, 5) is 30.9. The third-order valence-electron chi connectivity index (χ3n) is 0.889. The molecule has 12 heavy (non-hydrogen) atoms. The summed E-state index contributed by atoms with van der Waals surface area (Å²) in [5, 5.41) is 10.3. The lowest BCUT2D eigenvalue weighted by Crippen LogP contribution is -2.26. The third-order valence-corrected chi connectivity index (χ3v) is 0.889. The van der Waals surface area contributed by atoms with Crippen LogP contribution in [0.2, 0.25) is 0 Å². The van der Waals surface area contributed by atoms with Crippen LogP contribution in [0.5, 0.6) is 0 Å². The predicted octanol–water partition coefficient (Wildman–Crippen LogP) is -0.668. The molecule has 0 aromatic carbocycles. The highest BCUT2D eigenvalue weighted by Crippen LogP contribution is 1.74. The summed E-state index contributed by atoms with van der Waals surface area (Å²) in [7, 11) is 0. The van der Waals surface area contributed by atoms with Crippen molar-refractivity contribution in [3.63, 3.8) is 0 Å². The number of hydrogen-bond acceptors (Lipinski definition) is 3. The van der Waals surface area contributed by atoms with Crippen molar-refractivity contribution in [2.45, 2.75) is 6.92 Å². The van der Waals surface area contributed by atoms with Crippen LogP contribution in [0.15, 0.2) is 12.2 Å². The van der Waals surface area contributed by atoms with Gasteiger partial charge in [-0.2, -0.15) is 0 Å². The largest absolute Gasteiger partial charge is 0.478 e. The van der Waals surface area contributed by atoms with E-state index >= 15 is 0 Å². The summed E-state index contributed by atoms with van der Waals surface area (Å²) in [5.41, 5.74) is 0. The van der Waals surface area contributed by atoms with E-state index in [2.05, 4.69) is 5.32 Å². The van der Waals surface area contributed by atoms with Gasteiger partial charge in [0, 0.05) is 12.2 Å². The SMILES string of the molecule is CC(=O)CNC(=O)C=CC(=O)O. The second-order valence-corrected chi connectivity index (χ2v) is 2.09. The second-order valence-electron chi connectivity index (χ2n) is 2.09. The average molecular weight is 171 g/mol. The number of carbonyl (C=O) groups is 3. The fourth-order valence-electron chi connectivity index (χ4n) is 0.417. The van der Waals surface area contributed by atoms with Gasteiger partial charge in [0.25, 0.3) is 0 Å². The van der Waals surface area contributed by atoms with Crippen molar-refractivity contribution in [2.24, 2.45) is 0 Å². The van der Waals surface area contributed by atoms with Crippen LogP contribution in [0, 0.1) is 0 Å². The molecule has 0 saturated carbocycles. The second kappa shape index (κ2) is 5.06. The molecule has 5 heteroatoms. The Bertz CT molecular complexity index is 232. The molecule has 0 bridgehead atoms. The molecule has 0 aliphatic carbocycles. The lowest BCUT2D eigenvalue weighted by atomic mass is 10.4. The first-order valence-corrected chi connectivity index (χ1v) is 3.20. The van der Waals surface area contributed by atoms with Gasteiger partial charge in [-0.25, -0.2) is 4.79 Å². The van der Waals surface area contributed by atoms with Gasteiger partial charge in [-0.1, -0.05) is 0 Å². The lowest BCUT2D eigenvalue weighted by molar-refractivity contribution is -0.131. The summed E-state index contributed by atoms with van der Waals surface area (Å²) in [6.45, 7) is 1.24. The number of ketones is 1. The van der Waals surface area contributed by atoms with E-state index < -0.39 is 11.9 Å². The number of amides is 1. The standard InChI is InChI=1S/C7H9NO4/c1-5(9)4-8-6(10)2-3-7(11)12/h2-3H,4H2,1H3,(H,8,10)(H,11,12). The maximum absolute atomic E-state index is 10.6. The summed E-state index contributed by atoms with van der Waals surface area (Å²) < 4.78 is 0. The van der Waals surface area contributed by atoms with Gasteiger partial charge in [0.2, 0.25) is 5.91 Å². The molecule has 0 spiro atoms. The van der Waals surface area contributed by atoms with Crippen LogP contribution in [0.25, 0.3) is 0 Å². The molecule has 0 aliphatic heterocycles. The molecule has 2 N–H and O–H groups in total. The number of carboxylic acid groups (broad SMARTS) is 1. The van der Waals surface area contributed by atoms with Gasteiger partial charge in [-0.3, -0.25) is 9.59 Å². The van der Waals surface area contributed by atoms with Crippen molar-refractivity contribution < 1.29 is 19.5 Å². The minimum absolute atomic E-state index is 0.0806. The van der Waals surface area contributed by atoms with Crippen molar-refractivity contribution in [3.05, 3.63) is 12.2 Å². The summed E-state index contributed by atoms with van der Waals surface area (Å²) in [6.07, 6.45) is 1.56. The van der Waals surface area contributed by atoms with E-state index in [0.29, 0.717) is 6.08 Å². The Morgan fingerprint density at radius 1 is 1.33 bits per heavy atom. The average Bonchev–Trinajstić information content (AvgIpc) is 1.96. The Morgan fingerprint density at radius 2 is 1.92 bits per heavy atom. The van der Waals surface area contributed by atoms with E-state index in [9.17, 15) is 14.4 Å². The van der Waals surface area contributed by atoms with Crippen molar-refractivity contribution in [3.8, 4) is 0 Å². The van der Waals surface area contributed by atoms with Crippen LogP contribution < -0.4 is 5.32 Å². The fraction of sp³-hybridized carbons (Fsp3) is 0.286. The van der Waals surface area contributed by atoms with E-state index in [0.717, 1.165) is 6.08 Å². The molecule has 0 atom stereocenters. The Hall–Kier alpha value is -1.65. The molecule has 0 heterocycles. The molecule has 0 aromatic rings. The van der Waals surface area contributed by atoms with Crippen molar-refractivity contribution in [2.75, 3.05) is 6.54 Å². The molecule has 0 unspecified atom stereocenters. The number of nitrogens with one attached hydrogen (secondary N) is 1. The monoisotopic (exact) mass is 171 g/mol. The zero-order valence-corrected chi connectivity index (χ0v) is 6.53. The van der Waals surface area contributed by atoms with Gasteiger partial charge in [0.05, 0.1) is 6.54 Å². The number of carboxylic acids is 1. The lowest BCUT2D eigenvalue weighted by Gasteiger charge is -1.95. The van der Waals surface area contributed by atoms with Gasteiger partial charge in [0.15, 0.2) is 0 Å². The Morgan fingerprint density at radius 3 is 2.33 bits per heavy atom. The zero-order valence-electron chi connectivity index (χ0n) is 6.53. The van der Waals surface area contributed by atoms with E-state index in [4.69, 9.17) is 5.11 Å². The Labute approximate surface area is 69.1 Å². The molecule has 66 valence electrons. The highest BCUT2D eigenvalue weighted by molar-refractivity contribution is 5.95. The molecule has 0 fully saturated rings. The zero-order chi connectivity index (χ0) is 9.56. The number of Topliss-reactive ketones (excluding diaryl/α,β-unsaturated/α-hetero) is 1. The van der Waals surface area contributed by atoms with Crippen LogP contribution >= 0.6 is 0 Å². The van der Waals surface area contributed by atoms with E-state index in [1.807, 2.05) is 0 Å². The van der Waals surface area contributed by atoms with Gasteiger partial charge in [-0.15, -0.1) is 0 Å². The molecule has 1 amide bonds. The minimum Gasteiger partial charge on any atom is -0.478 e. The van der Waals surface area contributed by atoms with E-state index in [1.54, 1.807) is 0 Å². The molecule has 0 radical (unpaired) electrons. The maximum Gasteiger partial charge on any atom is 0.328 e. The van der Waals surface area contributed by atoms with Crippen LogP contribution in [0.1, 0.15) is 6.92 Å². The summed E-state index contributed by atoms with van der Waals surface area (Å²) >= 11 is 0. The van der Waals surface area contributed by atoms with E-state index in [-0.39, 0.29) is 12.3 Å². The molecule has 0 aromatic heterocycles. The fourth-order valence-corrected chi connectivity index (χ4v) is 0.417. The molecule has 0 rings (SSSR count). The first-order valence-electron chi connectivity index (χ1n) is 3.20. The molecule has 5 nitrogen and oxygen atoms in total. The highest BCUT2D eigenvalue weighted by atomic mass is 16.4. The van der Waals surface area contributed by atoms with Crippen molar-refractivity contribution in [1.29, 1.82) is 0 Å². The molecular weight excluding hydrogens is 162 g/mol. The molecule has 0 aliphatic rings. The van der Waals surface area contributed by atoms with Gasteiger partial charge in [0.1, 0.15) is 5.78 Å². The van der Waals surface area contributed by atoms with Crippen molar-refractivity contribution >= 4 is 17.7 Å². The van der Waals surface area contributed by atoms with Crippen LogP contribution in [0.4, 0.5) is 0 Å². The summed E-state index contributed by atoms with van der Waals surface area (Å²) in [6, 6.07) is 0. The van der Waals surface area contributed by atoms with Gasteiger partial charge in [-0.05, 0) is 6.92 Å². The number of rotatable bonds is 4. The normalized spacial score (nSPS) is 9.75. The number of carbonyl (C=O) groups excluding carboxylic acids is 2. The van der Waals surface area contributed by atoms with Crippen LogP contribution in [-0.4, -0.2) is 29.3 Å². The first kappa shape index (κ1) is 10.3. The van der Waals surface area contributed by atoms with Crippen LogP contribution in [0.3, 0.4) is 0 Å². The molecular formula is C7H9NO4. The quantitative estimate of drug-likeness (QED) is 0.549. The minimum atomic E-state index is -1.20. The molecule has 0 saturated heterocycles. The number of hydrogen-bond donors (Lipinski definition) is 2. The van der Waals surface area contributed by atoms with Gasteiger partial charge >= 0.3 is 5.97 Å². The smallest absolute Gasteiger partial charge is 0.328 e. The van der Waals surface area contributed by atoms with Crippen molar-refractivity contribution in [1.82, 2.24) is 5.32 Å². The predicted molar refractivity (Wildman–Crippen MR) is 40.5 cm³/mol. The van der Waals surface area contributed by atoms with E-state index in [1.165, 1.54) is 6.92 Å². The topological polar surface area (TPSA) is 83.5 Å². The van der Waals surface area contributed by atoms with Gasteiger partial charge < -0.3 is 10.4 Å². The van der Waals surface area contributed by atoms with Crippen LogP contribution in [-0.2, 0) is 14.4 Å². The Balaban J connectivity index is 3.75. The first-order chi connectivity index (χ1) is 5.52. The summed E-state index contributed by atoms with van der Waals surface area (Å²) in [5.74, 6) is -1.98. The Kier molecular flexibility index (Phi) is 4.36. The number of aliphatic carboxylic acids is 1. The highest BCUT2D eigenvalue weighted by Gasteiger charge is 1.97.